The van der Waals surface area contributed by atoms with Gasteiger partial charge in [-0.25, -0.2) is 0 Å². The maximum atomic E-state index is 12.3. The number of nitrogens with one attached hydrogen (secondary N) is 2. The van der Waals surface area contributed by atoms with Gasteiger partial charge in [0.2, 0.25) is 11.8 Å². The molecule has 0 saturated carbocycles. The molecule has 1 aliphatic heterocycles. The molecule has 2 rings (SSSR count). The molecule has 0 bridgehead atoms. The first-order valence-electron chi connectivity index (χ1n) is 9.12. The Morgan fingerprint density at radius 2 is 1.88 bits per heavy atom. The van der Waals surface area contributed by atoms with Crippen LogP contribution < -0.4 is 16.4 Å². The lowest BCUT2D eigenvalue weighted by atomic mass is 10.1. The third-order valence-corrected chi connectivity index (χ3v) is 4.44. The minimum Gasteiger partial charge on any atom is -0.328 e. The summed E-state index contributed by atoms with van der Waals surface area (Å²) in [5.41, 5.74) is 8.08. The van der Waals surface area contributed by atoms with E-state index >= 15 is 0 Å². The number of likely N-dealkylation sites (tertiary alicyclic amines) is 1. The maximum Gasteiger partial charge on any atom is 0.238 e. The summed E-state index contributed by atoms with van der Waals surface area (Å²) in [5.74, 6) is -0.0721. The van der Waals surface area contributed by atoms with Crippen molar-refractivity contribution >= 4 is 23.2 Å². The van der Waals surface area contributed by atoms with Gasteiger partial charge in [0.1, 0.15) is 0 Å². The summed E-state index contributed by atoms with van der Waals surface area (Å²) in [7, 11) is 0. The van der Waals surface area contributed by atoms with E-state index in [2.05, 4.69) is 15.5 Å². The zero-order chi connectivity index (χ0) is 18.2. The highest BCUT2D eigenvalue weighted by atomic mass is 16.2. The summed E-state index contributed by atoms with van der Waals surface area (Å²) >= 11 is 0. The lowest BCUT2D eigenvalue weighted by Gasteiger charge is -2.25. The monoisotopic (exact) mass is 346 g/mol. The highest BCUT2D eigenvalue weighted by molar-refractivity contribution is 5.95. The fourth-order valence-corrected chi connectivity index (χ4v) is 2.93. The zero-order valence-corrected chi connectivity index (χ0v) is 15.3. The van der Waals surface area contributed by atoms with Gasteiger partial charge in [0.25, 0.3) is 0 Å². The van der Waals surface area contributed by atoms with Crippen LogP contribution in [-0.4, -0.2) is 42.4 Å². The van der Waals surface area contributed by atoms with Crippen LogP contribution in [0.3, 0.4) is 0 Å². The summed E-state index contributed by atoms with van der Waals surface area (Å²) in [6.07, 6.45) is 4.62. The minimum atomic E-state index is -0.0632. The summed E-state index contributed by atoms with van der Waals surface area (Å²) in [6.45, 7) is 6.22. The Balaban J connectivity index is 1.91. The molecule has 0 aliphatic carbocycles. The van der Waals surface area contributed by atoms with Gasteiger partial charge in [0.05, 0.1) is 6.54 Å². The third kappa shape index (κ3) is 6.84. The normalized spacial score (nSPS) is 16.3. The van der Waals surface area contributed by atoms with Gasteiger partial charge in [-0.3, -0.25) is 14.5 Å². The number of anilines is 2. The van der Waals surface area contributed by atoms with Gasteiger partial charge in [0.15, 0.2) is 0 Å². The highest BCUT2D eigenvalue weighted by Gasteiger charge is 2.15. The first kappa shape index (κ1) is 19.4. The second kappa shape index (κ2) is 9.53. The van der Waals surface area contributed by atoms with Gasteiger partial charge >= 0.3 is 0 Å². The Bertz CT molecular complexity index is 595. The zero-order valence-electron chi connectivity index (χ0n) is 15.3. The standard InChI is InChI=1S/C19H30N4O2/c1-14-6-8-16(21-18(24)9-7-15(2)20)12-17(14)22-19(25)13-23-10-4-3-5-11-23/h6,8,12,15H,3-5,7,9-11,13,20H2,1-2H3,(H,21,24)(H,22,25). The van der Waals surface area contributed by atoms with Crippen LogP contribution in [0, 0.1) is 6.92 Å². The molecule has 1 saturated heterocycles. The average Bonchev–Trinajstić information content (AvgIpc) is 2.57. The molecule has 0 radical (unpaired) electrons. The van der Waals surface area contributed by atoms with Crippen LogP contribution >= 0.6 is 0 Å². The number of rotatable bonds is 7. The number of amides is 2. The molecule has 1 atom stereocenters. The SMILES string of the molecule is Cc1ccc(NC(=O)CCC(C)N)cc1NC(=O)CN1CCCCC1. The number of hydrogen-bond donors (Lipinski definition) is 3. The quantitative estimate of drug-likeness (QED) is 0.708. The predicted molar refractivity (Wildman–Crippen MR) is 102 cm³/mol. The van der Waals surface area contributed by atoms with Crippen molar-refractivity contribution in [2.24, 2.45) is 5.73 Å². The number of carbonyl (C=O) groups excluding carboxylic acids is 2. The van der Waals surface area contributed by atoms with Gasteiger partial charge in [0, 0.05) is 23.8 Å². The van der Waals surface area contributed by atoms with E-state index in [9.17, 15) is 9.59 Å². The topological polar surface area (TPSA) is 87.5 Å². The van der Waals surface area contributed by atoms with Gasteiger partial charge in [-0.05, 0) is 63.9 Å². The smallest absolute Gasteiger partial charge is 0.238 e. The molecule has 138 valence electrons. The number of piperidine rings is 1. The first-order valence-corrected chi connectivity index (χ1v) is 9.12. The summed E-state index contributed by atoms with van der Waals surface area (Å²) < 4.78 is 0. The molecule has 6 heteroatoms. The van der Waals surface area contributed by atoms with E-state index in [4.69, 9.17) is 5.73 Å². The lowest BCUT2D eigenvalue weighted by molar-refractivity contribution is -0.117. The van der Waals surface area contributed by atoms with Crippen LogP contribution in [0.2, 0.25) is 0 Å². The first-order chi connectivity index (χ1) is 11.9. The van der Waals surface area contributed by atoms with Crippen molar-refractivity contribution in [3.05, 3.63) is 23.8 Å². The van der Waals surface area contributed by atoms with Crippen molar-refractivity contribution in [3.8, 4) is 0 Å². The van der Waals surface area contributed by atoms with Crippen LogP contribution in [0.5, 0.6) is 0 Å². The van der Waals surface area contributed by atoms with E-state index in [1.807, 2.05) is 32.0 Å². The van der Waals surface area contributed by atoms with Crippen molar-refractivity contribution in [2.45, 2.75) is 52.0 Å². The van der Waals surface area contributed by atoms with Crippen LogP contribution in [0.4, 0.5) is 11.4 Å². The molecule has 1 aromatic carbocycles. The number of aryl methyl sites for hydroxylation is 1. The molecule has 1 aliphatic rings. The van der Waals surface area contributed by atoms with Gasteiger partial charge < -0.3 is 16.4 Å². The number of hydrogen-bond acceptors (Lipinski definition) is 4. The van der Waals surface area contributed by atoms with Crippen molar-refractivity contribution < 1.29 is 9.59 Å². The fourth-order valence-electron chi connectivity index (χ4n) is 2.93. The average molecular weight is 346 g/mol. The Labute approximate surface area is 150 Å². The van der Waals surface area contributed by atoms with E-state index in [1.54, 1.807) is 0 Å². The van der Waals surface area contributed by atoms with Crippen molar-refractivity contribution in [3.63, 3.8) is 0 Å². The number of benzene rings is 1. The molecule has 4 N–H and O–H groups in total. The second-order valence-corrected chi connectivity index (χ2v) is 6.98. The van der Waals surface area contributed by atoms with E-state index in [0.717, 1.165) is 37.2 Å². The number of nitrogens with zero attached hydrogens (tertiary/aromatic N) is 1. The molecular formula is C19H30N4O2. The molecule has 1 aromatic rings. The summed E-state index contributed by atoms with van der Waals surface area (Å²) in [5, 5.41) is 5.83. The summed E-state index contributed by atoms with van der Waals surface area (Å²) in [6, 6.07) is 5.57. The second-order valence-electron chi connectivity index (χ2n) is 6.98. The molecule has 2 amide bonds. The van der Waals surface area contributed by atoms with E-state index in [1.165, 1.54) is 6.42 Å². The third-order valence-electron chi connectivity index (χ3n) is 4.44. The largest absolute Gasteiger partial charge is 0.328 e. The van der Waals surface area contributed by atoms with Crippen LogP contribution in [-0.2, 0) is 9.59 Å². The summed E-state index contributed by atoms with van der Waals surface area (Å²) in [4.78, 5) is 26.4. The molecule has 1 fully saturated rings. The Morgan fingerprint density at radius 3 is 2.56 bits per heavy atom. The van der Waals surface area contributed by atoms with Gasteiger partial charge in [-0.1, -0.05) is 12.5 Å². The molecular weight excluding hydrogens is 316 g/mol. The predicted octanol–water partition coefficient (Wildman–Crippen LogP) is 2.49. The highest BCUT2D eigenvalue weighted by Crippen LogP contribution is 2.21. The van der Waals surface area contributed by atoms with E-state index in [0.29, 0.717) is 25.1 Å². The number of nitrogens with two attached hydrogens (primary N) is 1. The van der Waals surface area contributed by atoms with Crippen molar-refractivity contribution in [1.82, 2.24) is 4.90 Å². The molecule has 25 heavy (non-hydrogen) atoms. The minimum absolute atomic E-state index is 0.00778. The van der Waals surface area contributed by atoms with Crippen LogP contribution in [0.1, 0.15) is 44.6 Å². The van der Waals surface area contributed by atoms with Crippen molar-refractivity contribution in [1.29, 1.82) is 0 Å². The Kier molecular flexibility index (Phi) is 7.40. The lowest BCUT2D eigenvalue weighted by Crippen LogP contribution is -2.36. The van der Waals surface area contributed by atoms with Gasteiger partial charge in [-0.2, -0.15) is 0 Å². The molecule has 6 nitrogen and oxygen atoms in total. The molecule has 0 aromatic heterocycles. The fraction of sp³-hybridized carbons (Fsp3) is 0.579. The number of carbonyl (C=O) groups is 2. The van der Waals surface area contributed by atoms with Crippen LogP contribution in [0.25, 0.3) is 0 Å². The maximum absolute atomic E-state index is 12.3. The van der Waals surface area contributed by atoms with E-state index in [-0.39, 0.29) is 17.9 Å². The Morgan fingerprint density at radius 1 is 1.16 bits per heavy atom. The van der Waals surface area contributed by atoms with Crippen LogP contribution in [0.15, 0.2) is 18.2 Å². The molecule has 1 heterocycles. The molecule has 0 spiro atoms. The van der Waals surface area contributed by atoms with E-state index < -0.39 is 0 Å². The Hall–Kier alpha value is -1.92. The van der Waals surface area contributed by atoms with Gasteiger partial charge in [-0.15, -0.1) is 0 Å². The van der Waals surface area contributed by atoms with Crippen molar-refractivity contribution in [2.75, 3.05) is 30.3 Å². The molecule has 1 unspecified atom stereocenters.